The Morgan fingerprint density at radius 2 is 1.69 bits per heavy atom. The van der Waals surface area contributed by atoms with Crippen LogP contribution in [0.4, 0.5) is 10.3 Å². The van der Waals surface area contributed by atoms with E-state index in [-0.39, 0.29) is 11.9 Å². The fourth-order valence-corrected chi connectivity index (χ4v) is 3.56. The molecule has 2 N–H and O–H groups in total. The van der Waals surface area contributed by atoms with Crippen LogP contribution in [0.1, 0.15) is 24.3 Å². The van der Waals surface area contributed by atoms with Gasteiger partial charge in [-0.3, -0.25) is 0 Å². The molecular weight excluding hydrogens is 331 g/mol. The minimum atomic E-state index is -0.188. The van der Waals surface area contributed by atoms with Gasteiger partial charge in [-0.05, 0) is 42.5 Å². The summed E-state index contributed by atoms with van der Waals surface area (Å²) >= 11 is 0. The molecule has 6 nitrogen and oxygen atoms in total. The zero-order chi connectivity index (χ0) is 17.9. The number of piperazine rings is 1. The normalized spacial score (nSPS) is 23.7. The highest BCUT2D eigenvalue weighted by Crippen LogP contribution is 2.38. The third-order valence-corrected chi connectivity index (χ3v) is 5.21. The Balaban J connectivity index is 1.28. The van der Waals surface area contributed by atoms with E-state index >= 15 is 0 Å². The summed E-state index contributed by atoms with van der Waals surface area (Å²) in [5.74, 6) is 1.67. The van der Waals surface area contributed by atoms with Crippen LogP contribution < -0.4 is 10.6 Å². The minimum absolute atomic E-state index is 0.188. The van der Waals surface area contributed by atoms with Crippen LogP contribution in [0.15, 0.2) is 47.7 Å². The number of halogens is 1. The van der Waals surface area contributed by atoms with Crippen molar-refractivity contribution in [1.29, 1.82) is 0 Å². The lowest BCUT2D eigenvalue weighted by Gasteiger charge is -2.37. The third-order valence-electron chi connectivity index (χ3n) is 5.21. The Bertz CT molecular complexity index is 749. The van der Waals surface area contributed by atoms with Crippen LogP contribution in [-0.2, 0) is 0 Å². The van der Waals surface area contributed by atoms with Gasteiger partial charge in [0.2, 0.25) is 5.95 Å². The number of nitrogens with zero attached hydrogens (tertiary/aromatic N) is 5. The lowest BCUT2D eigenvalue weighted by atomic mass is 9.76. The number of guanidine groups is 1. The molecule has 0 amide bonds. The molecule has 1 saturated carbocycles. The molecule has 4 rings (SSSR count). The summed E-state index contributed by atoms with van der Waals surface area (Å²) in [5, 5.41) is 0. The SMILES string of the molecule is NC(=NC1CC(c2ccc(F)cc2)C1)N1CCN(c2ncccn2)CC1. The first-order valence-electron chi connectivity index (χ1n) is 9.04. The Labute approximate surface area is 152 Å². The molecule has 26 heavy (non-hydrogen) atoms. The van der Waals surface area contributed by atoms with Gasteiger partial charge in [0.25, 0.3) is 0 Å². The molecule has 1 aromatic carbocycles. The average Bonchev–Trinajstić information content (AvgIpc) is 2.66. The third kappa shape index (κ3) is 3.61. The lowest BCUT2D eigenvalue weighted by molar-refractivity contribution is 0.336. The Morgan fingerprint density at radius 3 is 2.35 bits per heavy atom. The molecular formula is C19H23FN6. The van der Waals surface area contributed by atoms with Gasteiger partial charge >= 0.3 is 0 Å². The molecule has 2 fully saturated rings. The smallest absolute Gasteiger partial charge is 0.225 e. The average molecular weight is 354 g/mol. The van der Waals surface area contributed by atoms with Gasteiger partial charge < -0.3 is 15.5 Å². The molecule has 0 radical (unpaired) electrons. The molecule has 0 spiro atoms. The molecule has 0 atom stereocenters. The van der Waals surface area contributed by atoms with Gasteiger partial charge in [-0.2, -0.15) is 0 Å². The number of benzene rings is 1. The number of hydrogen-bond donors (Lipinski definition) is 1. The Morgan fingerprint density at radius 1 is 1.04 bits per heavy atom. The highest BCUT2D eigenvalue weighted by atomic mass is 19.1. The summed E-state index contributed by atoms with van der Waals surface area (Å²) in [7, 11) is 0. The number of aromatic nitrogens is 2. The zero-order valence-electron chi connectivity index (χ0n) is 14.6. The highest BCUT2D eigenvalue weighted by molar-refractivity contribution is 5.78. The van der Waals surface area contributed by atoms with Crippen molar-refractivity contribution in [3.05, 3.63) is 54.1 Å². The summed E-state index contributed by atoms with van der Waals surface area (Å²) in [6.45, 7) is 3.32. The summed E-state index contributed by atoms with van der Waals surface area (Å²) in [6.07, 6.45) is 5.48. The predicted molar refractivity (Wildman–Crippen MR) is 99.6 cm³/mol. The molecule has 1 aliphatic heterocycles. The molecule has 1 saturated heterocycles. The summed E-state index contributed by atoms with van der Waals surface area (Å²) < 4.78 is 13.0. The predicted octanol–water partition coefficient (Wildman–Crippen LogP) is 2.00. The second kappa shape index (κ2) is 7.27. The van der Waals surface area contributed by atoms with Crippen LogP contribution in [0.5, 0.6) is 0 Å². The lowest BCUT2D eigenvalue weighted by Crippen LogP contribution is -2.52. The molecule has 1 aliphatic carbocycles. The number of hydrogen-bond acceptors (Lipinski definition) is 4. The van der Waals surface area contributed by atoms with E-state index in [1.54, 1.807) is 12.4 Å². The van der Waals surface area contributed by atoms with E-state index in [0.717, 1.165) is 45.0 Å². The first-order valence-corrected chi connectivity index (χ1v) is 9.04. The minimum Gasteiger partial charge on any atom is -0.370 e. The second-order valence-corrected chi connectivity index (χ2v) is 6.88. The number of rotatable bonds is 3. The van der Waals surface area contributed by atoms with Gasteiger partial charge in [0.05, 0.1) is 6.04 Å². The van der Waals surface area contributed by atoms with E-state index in [1.165, 1.54) is 17.7 Å². The van der Waals surface area contributed by atoms with E-state index in [4.69, 9.17) is 10.7 Å². The van der Waals surface area contributed by atoms with E-state index in [9.17, 15) is 4.39 Å². The molecule has 1 aromatic heterocycles. The van der Waals surface area contributed by atoms with Crippen LogP contribution in [-0.4, -0.2) is 53.0 Å². The first kappa shape index (κ1) is 16.8. The number of nitrogens with two attached hydrogens (primary N) is 1. The van der Waals surface area contributed by atoms with E-state index < -0.39 is 0 Å². The zero-order valence-corrected chi connectivity index (χ0v) is 14.6. The quantitative estimate of drug-likeness (QED) is 0.674. The van der Waals surface area contributed by atoms with Crippen molar-refractivity contribution in [3.8, 4) is 0 Å². The molecule has 2 aliphatic rings. The first-order chi connectivity index (χ1) is 12.7. The molecule has 136 valence electrons. The van der Waals surface area contributed by atoms with Gasteiger partial charge in [0.15, 0.2) is 5.96 Å². The molecule has 2 heterocycles. The Kier molecular flexibility index (Phi) is 4.69. The fraction of sp³-hybridized carbons (Fsp3) is 0.421. The van der Waals surface area contributed by atoms with Crippen molar-refractivity contribution in [2.24, 2.45) is 10.7 Å². The van der Waals surface area contributed by atoms with Crippen molar-refractivity contribution in [3.63, 3.8) is 0 Å². The van der Waals surface area contributed by atoms with Gasteiger partial charge in [-0.25, -0.2) is 19.4 Å². The van der Waals surface area contributed by atoms with Crippen molar-refractivity contribution >= 4 is 11.9 Å². The Hall–Kier alpha value is -2.70. The van der Waals surface area contributed by atoms with Crippen LogP contribution in [0.2, 0.25) is 0 Å². The van der Waals surface area contributed by atoms with Gasteiger partial charge in [-0.15, -0.1) is 0 Å². The topological polar surface area (TPSA) is 70.6 Å². The maximum Gasteiger partial charge on any atom is 0.225 e. The van der Waals surface area contributed by atoms with Crippen molar-refractivity contribution < 1.29 is 4.39 Å². The maximum absolute atomic E-state index is 13.0. The maximum atomic E-state index is 13.0. The summed E-state index contributed by atoms with van der Waals surface area (Å²) in [4.78, 5) is 17.6. The molecule has 0 unspecified atom stereocenters. The largest absolute Gasteiger partial charge is 0.370 e. The highest BCUT2D eigenvalue weighted by Gasteiger charge is 2.31. The molecule has 2 aromatic rings. The van der Waals surface area contributed by atoms with Crippen LogP contribution in [0.3, 0.4) is 0 Å². The number of aliphatic imine (C=N–C) groups is 1. The molecule has 0 bridgehead atoms. The van der Waals surface area contributed by atoms with Crippen molar-refractivity contribution in [2.75, 3.05) is 31.1 Å². The second-order valence-electron chi connectivity index (χ2n) is 6.88. The van der Waals surface area contributed by atoms with Crippen molar-refractivity contribution in [2.45, 2.75) is 24.8 Å². The van der Waals surface area contributed by atoms with Crippen LogP contribution in [0.25, 0.3) is 0 Å². The fourth-order valence-electron chi connectivity index (χ4n) is 3.56. The van der Waals surface area contributed by atoms with E-state index in [0.29, 0.717) is 11.9 Å². The summed E-state index contributed by atoms with van der Waals surface area (Å²) in [5.41, 5.74) is 7.41. The molecule has 7 heteroatoms. The monoisotopic (exact) mass is 354 g/mol. The van der Waals surface area contributed by atoms with E-state index in [2.05, 4.69) is 19.8 Å². The van der Waals surface area contributed by atoms with E-state index in [1.807, 2.05) is 18.2 Å². The standard InChI is InChI=1S/C19H23FN6/c20-16-4-2-14(3-5-16)15-12-17(13-15)24-18(21)25-8-10-26(11-9-25)19-22-6-1-7-23-19/h1-7,15,17H,8-13H2,(H2,21,24). The van der Waals surface area contributed by atoms with Gasteiger partial charge in [-0.1, -0.05) is 12.1 Å². The van der Waals surface area contributed by atoms with Gasteiger partial charge in [0.1, 0.15) is 5.82 Å². The van der Waals surface area contributed by atoms with Crippen molar-refractivity contribution in [1.82, 2.24) is 14.9 Å². The summed E-state index contributed by atoms with van der Waals surface area (Å²) in [6, 6.07) is 8.87. The number of anilines is 1. The van der Waals surface area contributed by atoms with Crippen LogP contribution in [0, 0.1) is 5.82 Å². The van der Waals surface area contributed by atoms with Gasteiger partial charge in [0, 0.05) is 38.6 Å². The van der Waals surface area contributed by atoms with Crippen LogP contribution >= 0.6 is 0 Å².